The first kappa shape index (κ1) is 22.9. The molecule has 29 heavy (non-hydrogen) atoms. The minimum absolute atomic E-state index is 0.106. The molecule has 0 heterocycles. The number of ether oxygens (including phenoxy) is 2. The zero-order chi connectivity index (χ0) is 21.2. The number of hydrogen-bond acceptors (Lipinski definition) is 5. The number of carbonyl (C=O) groups is 2. The second-order valence-corrected chi connectivity index (χ2v) is 7.71. The van der Waals surface area contributed by atoms with Crippen LogP contribution in [-0.4, -0.2) is 44.1 Å². The van der Waals surface area contributed by atoms with Gasteiger partial charge in [-0.05, 0) is 54.8 Å². The average Bonchev–Trinajstić information content (AvgIpc) is 2.70. The lowest BCUT2D eigenvalue weighted by molar-refractivity contribution is -0.118. The Labute approximate surface area is 180 Å². The fourth-order valence-corrected chi connectivity index (χ4v) is 3.50. The van der Waals surface area contributed by atoms with E-state index in [1.54, 1.807) is 32.4 Å². The van der Waals surface area contributed by atoms with Crippen LogP contribution in [0.25, 0.3) is 0 Å². The fraction of sp³-hybridized carbons (Fsp3) is 0.333. The van der Waals surface area contributed by atoms with E-state index >= 15 is 0 Å². The molecule has 0 unspecified atom stereocenters. The van der Waals surface area contributed by atoms with E-state index in [-0.39, 0.29) is 23.3 Å². The third-order valence-corrected chi connectivity index (χ3v) is 5.28. The summed E-state index contributed by atoms with van der Waals surface area (Å²) in [6, 6.07) is 10.9. The van der Waals surface area contributed by atoms with E-state index in [9.17, 15) is 9.59 Å². The van der Waals surface area contributed by atoms with E-state index in [4.69, 9.17) is 21.1 Å². The van der Waals surface area contributed by atoms with Crippen molar-refractivity contribution in [2.75, 3.05) is 37.6 Å². The highest BCUT2D eigenvalue weighted by atomic mass is 35.5. The van der Waals surface area contributed by atoms with E-state index < -0.39 is 0 Å². The minimum Gasteiger partial charge on any atom is -0.493 e. The number of nitrogens with one attached hydrogen (secondary N) is 2. The van der Waals surface area contributed by atoms with Crippen LogP contribution in [0.3, 0.4) is 0 Å². The highest BCUT2D eigenvalue weighted by Crippen LogP contribution is 2.27. The third-order valence-electron chi connectivity index (χ3n) is 4.11. The van der Waals surface area contributed by atoms with Gasteiger partial charge in [0.1, 0.15) is 0 Å². The molecule has 0 saturated carbocycles. The van der Waals surface area contributed by atoms with Crippen LogP contribution in [-0.2, 0) is 16.0 Å². The zero-order valence-corrected chi connectivity index (χ0v) is 18.3. The molecule has 156 valence electrons. The van der Waals surface area contributed by atoms with E-state index in [0.29, 0.717) is 29.5 Å². The first-order valence-electron chi connectivity index (χ1n) is 9.04. The molecule has 0 atom stereocenters. The number of benzene rings is 2. The Morgan fingerprint density at radius 3 is 2.41 bits per heavy atom. The molecular formula is C21H25ClN2O4S. The summed E-state index contributed by atoms with van der Waals surface area (Å²) in [6.45, 7) is 2.38. The first-order valence-corrected chi connectivity index (χ1v) is 10.6. The SMILES string of the molecule is COc1ccc(CCNC(=O)CSCC(=O)Nc2ccc(Cl)cc2C)cc1OC. The Morgan fingerprint density at radius 1 is 1.00 bits per heavy atom. The molecule has 0 aliphatic heterocycles. The number of thioether (sulfide) groups is 1. The molecule has 0 aromatic heterocycles. The van der Waals surface area contributed by atoms with Crippen molar-refractivity contribution in [1.29, 1.82) is 0 Å². The molecule has 0 aliphatic rings. The van der Waals surface area contributed by atoms with Crippen molar-refractivity contribution >= 4 is 40.9 Å². The summed E-state index contributed by atoms with van der Waals surface area (Å²) in [4.78, 5) is 24.0. The minimum atomic E-state index is -0.154. The second kappa shape index (κ2) is 11.6. The van der Waals surface area contributed by atoms with Gasteiger partial charge in [0.2, 0.25) is 11.8 Å². The van der Waals surface area contributed by atoms with Gasteiger partial charge in [-0.1, -0.05) is 17.7 Å². The Morgan fingerprint density at radius 2 is 1.72 bits per heavy atom. The number of hydrogen-bond donors (Lipinski definition) is 2. The van der Waals surface area contributed by atoms with Crippen LogP contribution in [0.5, 0.6) is 11.5 Å². The molecule has 0 saturated heterocycles. The number of carbonyl (C=O) groups excluding carboxylic acids is 2. The largest absolute Gasteiger partial charge is 0.493 e. The molecule has 6 nitrogen and oxygen atoms in total. The summed E-state index contributed by atoms with van der Waals surface area (Å²) >= 11 is 7.18. The molecule has 0 bridgehead atoms. The molecule has 2 N–H and O–H groups in total. The van der Waals surface area contributed by atoms with Gasteiger partial charge in [0.05, 0.1) is 25.7 Å². The van der Waals surface area contributed by atoms with Crippen LogP contribution in [0, 0.1) is 6.92 Å². The number of rotatable bonds is 10. The van der Waals surface area contributed by atoms with Crippen molar-refractivity contribution < 1.29 is 19.1 Å². The van der Waals surface area contributed by atoms with Gasteiger partial charge in [0.25, 0.3) is 0 Å². The van der Waals surface area contributed by atoms with Crippen LogP contribution in [0.1, 0.15) is 11.1 Å². The predicted molar refractivity (Wildman–Crippen MR) is 118 cm³/mol. The molecular weight excluding hydrogens is 412 g/mol. The van der Waals surface area contributed by atoms with E-state index in [1.165, 1.54) is 11.8 Å². The molecule has 0 fully saturated rings. The highest BCUT2D eigenvalue weighted by molar-refractivity contribution is 8.00. The quantitative estimate of drug-likeness (QED) is 0.594. The highest BCUT2D eigenvalue weighted by Gasteiger charge is 2.08. The number of anilines is 1. The number of aryl methyl sites for hydroxylation is 1. The molecule has 0 spiro atoms. The molecule has 2 aromatic rings. The van der Waals surface area contributed by atoms with Gasteiger partial charge in [-0.2, -0.15) is 0 Å². The predicted octanol–water partition coefficient (Wildman–Crippen LogP) is 3.70. The molecule has 0 aliphatic carbocycles. The third kappa shape index (κ3) is 7.51. The summed E-state index contributed by atoms with van der Waals surface area (Å²) in [7, 11) is 3.18. The molecule has 8 heteroatoms. The van der Waals surface area contributed by atoms with Gasteiger partial charge in [-0.3, -0.25) is 9.59 Å². The van der Waals surface area contributed by atoms with Crippen LogP contribution < -0.4 is 20.1 Å². The van der Waals surface area contributed by atoms with Crippen molar-refractivity contribution in [2.45, 2.75) is 13.3 Å². The standard InChI is InChI=1S/C21H25ClN2O4S/c1-14-10-16(22)5-6-17(14)24-21(26)13-29-12-20(25)23-9-8-15-4-7-18(27-2)19(11-15)28-3/h4-7,10-11H,8-9,12-13H2,1-3H3,(H,23,25)(H,24,26). The Balaban J connectivity index is 1.67. The zero-order valence-electron chi connectivity index (χ0n) is 16.7. The van der Waals surface area contributed by atoms with Gasteiger partial charge >= 0.3 is 0 Å². The summed E-state index contributed by atoms with van der Waals surface area (Å²) in [6.07, 6.45) is 0.674. The van der Waals surface area contributed by atoms with Crippen molar-refractivity contribution in [1.82, 2.24) is 5.32 Å². The maximum absolute atomic E-state index is 12.0. The lowest BCUT2D eigenvalue weighted by Crippen LogP contribution is -2.28. The lowest BCUT2D eigenvalue weighted by atomic mass is 10.1. The maximum Gasteiger partial charge on any atom is 0.234 e. The van der Waals surface area contributed by atoms with Crippen LogP contribution in [0.4, 0.5) is 5.69 Å². The molecule has 2 rings (SSSR count). The van der Waals surface area contributed by atoms with E-state index in [2.05, 4.69) is 10.6 Å². The van der Waals surface area contributed by atoms with Crippen LogP contribution in [0.2, 0.25) is 5.02 Å². The van der Waals surface area contributed by atoms with Crippen molar-refractivity contribution in [3.63, 3.8) is 0 Å². The van der Waals surface area contributed by atoms with Gasteiger partial charge < -0.3 is 20.1 Å². The van der Waals surface area contributed by atoms with Crippen molar-refractivity contribution in [3.8, 4) is 11.5 Å². The Kier molecular flexibility index (Phi) is 9.15. The van der Waals surface area contributed by atoms with Gasteiger partial charge in [-0.15, -0.1) is 11.8 Å². The molecule has 2 aromatic carbocycles. The summed E-state index contributed by atoms with van der Waals surface area (Å²) in [5.41, 5.74) is 2.65. The molecule has 0 radical (unpaired) electrons. The van der Waals surface area contributed by atoms with E-state index in [0.717, 1.165) is 16.8 Å². The first-order chi connectivity index (χ1) is 13.9. The fourth-order valence-electron chi connectivity index (χ4n) is 2.62. The monoisotopic (exact) mass is 436 g/mol. The van der Waals surface area contributed by atoms with Crippen molar-refractivity contribution in [2.24, 2.45) is 0 Å². The van der Waals surface area contributed by atoms with Gasteiger partial charge in [0, 0.05) is 17.3 Å². The Hall–Kier alpha value is -2.38. The Bertz CT molecular complexity index is 861. The van der Waals surface area contributed by atoms with Crippen LogP contribution in [0.15, 0.2) is 36.4 Å². The van der Waals surface area contributed by atoms with Gasteiger partial charge in [0.15, 0.2) is 11.5 Å². The summed E-state index contributed by atoms with van der Waals surface area (Å²) in [5, 5.41) is 6.31. The topological polar surface area (TPSA) is 76.7 Å². The van der Waals surface area contributed by atoms with Crippen molar-refractivity contribution in [3.05, 3.63) is 52.5 Å². The number of amides is 2. The molecule has 2 amide bonds. The smallest absolute Gasteiger partial charge is 0.234 e. The van der Waals surface area contributed by atoms with Gasteiger partial charge in [-0.25, -0.2) is 0 Å². The summed E-state index contributed by atoms with van der Waals surface area (Å²) < 4.78 is 10.5. The van der Waals surface area contributed by atoms with Crippen LogP contribution >= 0.6 is 23.4 Å². The lowest BCUT2D eigenvalue weighted by Gasteiger charge is -2.10. The number of methoxy groups -OCH3 is 2. The second-order valence-electron chi connectivity index (χ2n) is 6.29. The normalized spacial score (nSPS) is 10.3. The summed E-state index contributed by atoms with van der Waals surface area (Å²) in [5.74, 6) is 1.49. The maximum atomic E-state index is 12.0. The number of halogens is 1. The average molecular weight is 437 g/mol. The van der Waals surface area contributed by atoms with E-state index in [1.807, 2.05) is 25.1 Å².